The van der Waals surface area contributed by atoms with E-state index in [1.165, 1.54) is 32.1 Å². The topological polar surface area (TPSA) is 77.2 Å². The lowest BCUT2D eigenvalue weighted by Gasteiger charge is -2.61. The molecule has 0 bridgehead atoms. The molecule has 6 rings (SSSR count). The highest BCUT2D eigenvalue weighted by Gasteiger charge is 2.59. The van der Waals surface area contributed by atoms with E-state index in [-0.39, 0.29) is 47.9 Å². The Morgan fingerprint density at radius 3 is 2.58 bits per heavy atom. The number of halogens is 1. The normalized spacial score (nSPS) is 38.8. The SMILES string of the molecule is CCN(CC)CCCC(C)NC1C(F)CC2C(=O)C(C(=O)NCCC3CCCN3C)=CN3C4CC5CCCCC5CC4OC1C23. The first-order valence-corrected chi connectivity index (χ1v) is 18.6. The number of likely N-dealkylation sites (tertiary alicyclic amines) is 1. The van der Waals surface area contributed by atoms with Crippen molar-refractivity contribution in [1.82, 2.24) is 25.3 Å². The number of carbonyl (C=O) groups is 2. The molecule has 6 aliphatic rings. The largest absolute Gasteiger partial charge is 0.369 e. The van der Waals surface area contributed by atoms with Crippen molar-refractivity contribution in [3.63, 3.8) is 0 Å². The smallest absolute Gasteiger partial charge is 0.256 e. The van der Waals surface area contributed by atoms with Crippen LogP contribution in [0.5, 0.6) is 0 Å². The number of ketones is 1. The zero-order valence-electron chi connectivity index (χ0n) is 28.4. The summed E-state index contributed by atoms with van der Waals surface area (Å²) in [4.78, 5) is 34.7. The van der Waals surface area contributed by atoms with E-state index < -0.39 is 24.2 Å². The second kappa shape index (κ2) is 14.7. The second-order valence-corrected chi connectivity index (χ2v) is 15.3. The monoisotopic (exact) mass is 629 g/mol. The Morgan fingerprint density at radius 2 is 1.87 bits per heavy atom. The fraction of sp³-hybridized carbons (Fsp3) is 0.889. The first-order chi connectivity index (χ1) is 21.8. The van der Waals surface area contributed by atoms with E-state index in [0.29, 0.717) is 24.4 Å². The molecule has 9 heteroatoms. The Balaban J connectivity index is 1.21. The molecule has 3 heterocycles. The third-order valence-electron chi connectivity index (χ3n) is 12.6. The number of alkyl halides is 1. The molecule has 254 valence electrons. The number of Topliss-reactive ketones (excluding diaryl/α,β-unsaturated/α-hetero) is 1. The van der Waals surface area contributed by atoms with Gasteiger partial charge in [0.15, 0.2) is 5.78 Å². The van der Waals surface area contributed by atoms with Gasteiger partial charge in [-0.05, 0) is 103 Å². The first kappa shape index (κ1) is 33.4. The molecule has 11 unspecified atom stereocenters. The van der Waals surface area contributed by atoms with Crippen LogP contribution in [0.2, 0.25) is 0 Å². The van der Waals surface area contributed by atoms with E-state index in [1.54, 1.807) is 0 Å². The predicted octanol–water partition coefficient (Wildman–Crippen LogP) is 4.29. The van der Waals surface area contributed by atoms with Crippen LogP contribution >= 0.6 is 0 Å². The van der Waals surface area contributed by atoms with Crippen LogP contribution in [0.3, 0.4) is 0 Å². The van der Waals surface area contributed by atoms with Crippen LogP contribution in [0.1, 0.15) is 97.8 Å². The average Bonchev–Trinajstić information content (AvgIpc) is 3.45. The van der Waals surface area contributed by atoms with E-state index in [1.807, 2.05) is 6.20 Å². The van der Waals surface area contributed by atoms with Gasteiger partial charge in [-0.3, -0.25) is 9.59 Å². The Hall–Kier alpha value is -1.55. The molecule has 0 aromatic rings. The number of hydrogen-bond acceptors (Lipinski definition) is 7. The molecule has 2 saturated heterocycles. The molecule has 45 heavy (non-hydrogen) atoms. The molecular weight excluding hydrogens is 569 g/mol. The van der Waals surface area contributed by atoms with Crippen LogP contribution in [0.25, 0.3) is 0 Å². The molecular formula is C36H60FN5O3. The van der Waals surface area contributed by atoms with Crippen LogP contribution < -0.4 is 10.6 Å². The van der Waals surface area contributed by atoms with Crippen molar-refractivity contribution in [3.05, 3.63) is 11.8 Å². The lowest BCUT2D eigenvalue weighted by Crippen LogP contribution is -2.73. The van der Waals surface area contributed by atoms with Crippen LogP contribution in [0, 0.1) is 17.8 Å². The fourth-order valence-electron chi connectivity index (χ4n) is 10.0. The number of nitrogens with one attached hydrogen (secondary N) is 2. The third kappa shape index (κ3) is 7.02. The number of fused-ring (bicyclic) bond motifs is 3. The van der Waals surface area contributed by atoms with Gasteiger partial charge in [0.2, 0.25) is 0 Å². The van der Waals surface area contributed by atoms with Crippen molar-refractivity contribution in [3.8, 4) is 0 Å². The van der Waals surface area contributed by atoms with Crippen molar-refractivity contribution in [2.75, 3.05) is 39.8 Å². The Morgan fingerprint density at radius 1 is 1.11 bits per heavy atom. The number of hydrogen-bond donors (Lipinski definition) is 2. The molecule has 3 aliphatic carbocycles. The first-order valence-electron chi connectivity index (χ1n) is 18.6. The van der Waals surface area contributed by atoms with Crippen LogP contribution in [-0.2, 0) is 14.3 Å². The molecule has 0 spiro atoms. The molecule has 3 saturated carbocycles. The maximum atomic E-state index is 16.3. The van der Waals surface area contributed by atoms with E-state index in [9.17, 15) is 9.59 Å². The van der Waals surface area contributed by atoms with Crippen molar-refractivity contribution < 1.29 is 18.7 Å². The van der Waals surface area contributed by atoms with Gasteiger partial charge in [-0.1, -0.05) is 39.5 Å². The van der Waals surface area contributed by atoms with Gasteiger partial charge in [-0.2, -0.15) is 0 Å². The van der Waals surface area contributed by atoms with Crippen LogP contribution in [0.4, 0.5) is 4.39 Å². The summed E-state index contributed by atoms with van der Waals surface area (Å²) >= 11 is 0. The molecule has 0 aromatic heterocycles. The molecule has 0 radical (unpaired) electrons. The molecule has 11 atom stereocenters. The fourth-order valence-corrected chi connectivity index (χ4v) is 10.0. The van der Waals surface area contributed by atoms with Gasteiger partial charge >= 0.3 is 0 Å². The number of rotatable bonds is 12. The molecule has 1 amide bonds. The van der Waals surface area contributed by atoms with Gasteiger partial charge in [-0.15, -0.1) is 0 Å². The summed E-state index contributed by atoms with van der Waals surface area (Å²) in [5.41, 5.74) is 0.226. The maximum Gasteiger partial charge on any atom is 0.256 e. The van der Waals surface area contributed by atoms with Gasteiger partial charge in [-0.25, -0.2) is 4.39 Å². The van der Waals surface area contributed by atoms with Crippen LogP contribution in [-0.4, -0.2) is 115 Å². The summed E-state index contributed by atoms with van der Waals surface area (Å²) in [7, 11) is 2.14. The standard InChI is InChI=1S/C36H60FN5O3/c1-5-41(6-2)18-9-11-23(3)39-32-29(37)21-27-33-35(32)45-31-20-25-13-8-7-12-24(25)19-30(31)42(33)22-28(34(27)43)36(44)38-16-15-26-14-10-17-40(26)4/h22-27,29-33,35,39H,5-21H2,1-4H3,(H,38,44). The lowest BCUT2D eigenvalue weighted by atomic mass is 9.65. The molecule has 0 aromatic carbocycles. The van der Waals surface area contributed by atoms with E-state index in [0.717, 1.165) is 64.7 Å². The molecule has 5 fully saturated rings. The summed E-state index contributed by atoms with van der Waals surface area (Å²) in [5.74, 6) is 0.288. The Bertz CT molecular complexity index is 1070. The average molecular weight is 630 g/mol. The zero-order chi connectivity index (χ0) is 31.7. The van der Waals surface area contributed by atoms with Gasteiger partial charge in [0.25, 0.3) is 5.91 Å². The Kier molecular flexibility index (Phi) is 10.9. The number of ether oxygens (including phenoxy) is 1. The second-order valence-electron chi connectivity index (χ2n) is 15.3. The minimum atomic E-state index is -1.20. The summed E-state index contributed by atoms with van der Waals surface area (Å²) in [6, 6.07) is 0.0859. The van der Waals surface area contributed by atoms with Crippen LogP contribution in [0.15, 0.2) is 11.8 Å². The van der Waals surface area contributed by atoms with Crippen molar-refractivity contribution in [1.29, 1.82) is 0 Å². The highest BCUT2D eigenvalue weighted by atomic mass is 19.1. The van der Waals surface area contributed by atoms with Crippen molar-refractivity contribution >= 4 is 11.7 Å². The highest BCUT2D eigenvalue weighted by molar-refractivity contribution is 6.20. The minimum absolute atomic E-state index is 0.00508. The zero-order valence-corrected chi connectivity index (χ0v) is 28.4. The predicted molar refractivity (Wildman–Crippen MR) is 176 cm³/mol. The summed E-state index contributed by atoms with van der Waals surface area (Å²) in [5, 5.41) is 6.74. The number of morpholine rings is 1. The van der Waals surface area contributed by atoms with Crippen molar-refractivity contribution in [2.24, 2.45) is 17.8 Å². The Labute approximate surface area is 271 Å². The van der Waals surface area contributed by atoms with E-state index in [4.69, 9.17) is 4.74 Å². The summed E-state index contributed by atoms with van der Waals surface area (Å²) < 4.78 is 23.3. The number of nitrogens with zero attached hydrogens (tertiary/aromatic N) is 3. The van der Waals surface area contributed by atoms with Gasteiger partial charge in [0, 0.05) is 30.7 Å². The quantitative estimate of drug-likeness (QED) is 0.312. The van der Waals surface area contributed by atoms with Gasteiger partial charge in [0.1, 0.15) is 6.17 Å². The number of carbonyl (C=O) groups excluding carboxylic acids is 2. The van der Waals surface area contributed by atoms with Crippen molar-refractivity contribution in [2.45, 2.75) is 146 Å². The van der Waals surface area contributed by atoms with Gasteiger partial charge < -0.3 is 30.1 Å². The van der Waals surface area contributed by atoms with Gasteiger partial charge in [0.05, 0.1) is 35.9 Å². The minimum Gasteiger partial charge on any atom is -0.369 e. The summed E-state index contributed by atoms with van der Waals surface area (Å²) in [6.45, 7) is 11.4. The molecule has 2 N–H and O–H groups in total. The summed E-state index contributed by atoms with van der Waals surface area (Å²) in [6.07, 6.45) is 12.8. The third-order valence-corrected chi connectivity index (χ3v) is 12.6. The highest BCUT2D eigenvalue weighted by Crippen LogP contribution is 2.50. The molecule has 8 nitrogen and oxygen atoms in total. The van der Waals surface area contributed by atoms with E-state index >= 15 is 4.39 Å². The molecule has 3 aliphatic heterocycles. The number of amides is 1. The maximum absolute atomic E-state index is 16.3. The van der Waals surface area contributed by atoms with E-state index in [2.05, 4.69) is 53.2 Å². The lowest BCUT2D eigenvalue weighted by molar-refractivity contribution is -0.209.